The summed E-state index contributed by atoms with van der Waals surface area (Å²) < 4.78 is 8.21. The van der Waals surface area contributed by atoms with E-state index in [2.05, 4.69) is 51.1 Å². The van der Waals surface area contributed by atoms with Crippen LogP contribution in [0.2, 0.25) is 18.1 Å². The van der Waals surface area contributed by atoms with E-state index in [-0.39, 0.29) is 29.3 Å². The molecule has 0 amide bonds. The Hall–Kier alpha value is -2.22. The molecule has 0 saturated carbocycles. The quantitative estimate of drug-likeness (QED) is 0.379. The van der Waals surface area contributed by atoms with Crippen LogP contribution in [0.5, 0.6) is 0 Å². The fourth-order valence-corrected chi connectivity index (χ4v) is 6.57. The van der Waals surface area contributed by atoms with E-state index in [1.807, 2.05) is 42.5 Å². The molecule has 2 atom stereocenters. The van der Waals surface area contributed by atoms with Gasteiger partial charge in [-0.1, -0.05) is 64.1 Å². The van der Waals surface area contributed by atoms with Crippen LogP contribution in [0.1, 0.15) is 45.7 Å². The lowest BCUT2D eigenvalue weighted by Gasteiger charge is -2.43. The van der Waals surface area contributed by atoms with Gasteiger partial charge < -0.3 is 14.8 Å². The van der Waals surface area contributed by atoms with Crippen molar-refractivity contribution in [3.8, 4) is 0 Å². The minimum Gasteiger partial charge on any atom is -0.416 e. The first-order valence-electron chi connectivity index (χ1n) is 11.9. The van der Waals surface area contributed by atoms with E-state index in [0.717, 1.165) is 17.6 Å². The zero-order valence-corrected chi connectivity index (χ0v) is 21.8. The molecule has 6 nitrogen and oxygen atoms in total. The number of aliphatic hydroxyl groups is 1. The number of nitrogens with one attached hydrogen (secondary N) is 1. The lowest BCUT2D eigenvalue weighted by atomic mass is 9.99. The van der Waals surface area contributed by atoms with Crippen LogP contribution in [0.15, 0.2) is 59.0 Å². The third-order valence-electron chi connectivity index (χ3n) is 7.78. The summed E-state index contributed by atoms with van der Waals surface area (Å²) in [5.74, 6) is 1.20. The van der Waals surface area contributed by atoms with E-state index in [0.29, 0.717) is 24.9 Å². The van der Waals surface area contributed by atoms with E-state index in [9.17, 15) is 9.90 Å². The highest BCUT2D eigenvalue weighted by atomic mass is 28.4. The van der Waals surface area contributed by atoms with Gasteiger partial charge >= 0.3 is 5.69 Å². The van der Waals surface area contributed by atoms with Crippen LogP contribution < -0.4 is 11.0 Å². The number of hydrogen-bond donors (Lipinski definition) is 2. The molecule has 33 heavy (non-hydrogen) atoms. The van der Waals surface area contributed by atoms with Gasteiger partial charge in [-0.25, -0.2) is 4.79 Å². The monoisotopic (exact) mass is 469 g/mol. The molecular formula is C26H39N3O3Si. The molecule has 0 aliphatic heterocycles. The van der Waals surface area contributed by atoms with Gasteiger partial charge in [0.2, 0.25) is 0 Å². The fourth-order valence-electron chi connectivity index (χ4n) is 4.19. The number of aromatic nitrogens is 2. The van der Waals surface area contributed by atoms with Gasteiger partial charge in [0.05, 0.1) is 12.6 Å². The average Bonchev–Trinajstić information content (AvgIpc) is 3.20. The van der Waals surface area contributed by atoms with E-state index in [1.165, 1.54) is 0 Å². The van der Waals surface area contributed by atoms with Crippen molar-refractivity contribution in [2.24, 2.45) is 11.8 Å². The molecule has 0 spiro atoms. The first-order chi connectivity index (χ1) is 15.5. The molecule has 0 fully saturated rings. The second kappa shape index (κ2) is 10.4. The standard InChI is InChI=1S/C26H39N3O3Si/c1-19(2)26(3,4)33(5,6)32-18-22-15-23(14-21(22)17-30)29-13-12-24(28-25(29)31)27-16-20-10-8-7-9-11-20/h7-14,19,22-23,30H,15-18H2,1-6H3,(H,27,28,31)/t22-,23+/m0/s1. The Morgan fingerprint density at radius 2 is 1.94 bits per heavy atom. The molecule has 0 bridgehead atoms. The number of rotatable bonds is 10. The number of anilines is 1. The Morgan fingerprint density at radius 1 is 1.24 bits per heavy atom. The van der Waals surface area contributed by atoms with Crippen LogP contribution in [-0.4, -0.2) is 36.2 Å². The van der Waals surface area contributed by atoms with E-state index < -0.39 is 8.32 Å². The molecule has 1 heterocycles. The minimum atomic E-state index is -1.96. The first-order valence-corrected chi connectivity index (χ1v) is 14.8. The number of nitrogens with zero attached hydrogens (tertiary/aromatic N) is 2. The van der Waals surface area contributed by atoms with Gasteiger partial charge in [-0.05, 0) is 47.7 Å². The Morgan fingerprint density at radius 3 is 2.55 bits per heavy atom. The van der Waals surface area contributed by atoms with Crippen molar-refractivity contribution in [2.45, 2.75) is 64.8 Å². The van der Waals surface area contributed by atoms with Crippen LogP contribution in [-0.2, 0) is 11.0 Å². The fraction of sp³-hybridized carbons (Fsp3) is 0.538. The summed E-state index contributed by atoms with van der Waals surface area (Å²) >= 11 is 0. The molecule has 1 aromatic heterocycles. The smallest absolute Gasteiger partial charge is 0.350 e. The van der Waals surface area contributed by atoms with Crippen molar-refractivity contribution in [3.05, 3.63) is 70.3 Å². The Balaban J connectivity index is 1.66. The van der Waals surface area contributed by atoms with Gasteiger partial charge in [-0.3, -0.25) is 4.57 Å². The lowest BCUT2D eigenvalue weighted by Crippen LogP contribution is -2.46. The lowest BCUT2D eigenvalue weighted by molar-refractivity contribution is 0.214. The Bertz CT molecular complexity index is 1010. The maximum absolute atomic E-state index is 12.8. The highest BCUT2D eigenvalue weighted by Gasteiger charge is 2.44. The molecular weight excluding hydrogens is 430 g/mol. The highest BCUT2D eigenvalue weighted by molar-refractivity contribution is 6.74. The van der Waals surface area contributed by atoms with Crippen molar-refractivity contribution in [3.63, 3.8) is 0 Å². The summed E-state index contributed by atoms with van der Waals surface area (Å²) in [4.78, 5) is 17.0. The summed E-state index contributed by atoms with van der Waals surface area (Å²) in [6, 6.07) is 11.7. The van der Waals surface area contributed by atoms with Crippen LogP contribution in [0.3, 0.4) is 0 Å². The van der Waals surface area contributed by atoms with Gasteiger partial charge in [0.15, 0.2) is 8.32 Å². The van der Waals surface area contributed by atoms with Gasteiger partial charge in [0.1, 0.15) is 5.82 Å². The van der Waals surface area contributed by atoms with Crippen LogP contribution >= 0.6 is 0 Å². The first kappa shape index (κ1) is 25.4. The number of hydrogen-bond acceptors (Lipinski definition) is 5. The molecule has 0 unspecified atom stereocenters. The van der Waals surface area contributed by atoms with Crippen LogP contribution in [0, 0.1) is 11.8 Å². The second-order valence-corrected chi connectivity index (χ2v) is 15.0. The zero-order valence-electron chi connectivity index (χ0n) is 20.8. The van der Waals surface area contributed by atoms with Gasteiger partial charge in [-0.2, -0.15) is 4.98 Å². The highest BCUT2D eigenvalue weighted by Crippen LogP contribution is 2.45. The van der Waals surface area contributed by atoms with Crippen molar-refractivity contribution >= 4 is 14.1 Å². The SMILES string of the molecule is CC(C)C(C)(C)[Si](C)(C)OC[C@@H]1C[C@H](n2ccc(NCc3ccccc3)nc2=O)C=C1CO. The molecule has 2 aromatic rings. The topological polar surface area (TPSA) is 76.4 Å². The summed E-state index contributed by atoms with van der Waals surface area (Å²) in [6.07, 6.45) is 4.54. The molecule has 2 N–H and O–H groups in total. The Kier molecular flexibility index (Phi) is 7.98. The molecule has 0 saturated heterocycles. The third kappa shape index (κ3) is 5.83. The summed E-state index contributed by atoms with van der Waals surface area (Å²) in [5.41, 5.74) is 1.79. The molecule has 0 radical (unpaired) electrons. The third-order valence-corrected chi connectivity index (χ3v) is 12.4. The molecule has 1 aromatic carbocycles. The van der Waals surface area contributed by atoms with Gasteiger partial charge in [0, 0.05) is 25.3 Å². The number of allylic oxidation sites excluding steroid dienone is 1. The molecule has 1 aliphatic rings. The molecule has 3 rings (SSSR count). The number of aliphatic hydroxyl groups excluding tert-OH is 1. The van der Waals surface area contributed by atoms with E-state index >= 15 is 0 Å². The van der Waals surface area contributed by atoms with E-state index in [1.54, 1.807) is 10.8 Å². The zero-order chi connectivity index (χ0) is 24.2. The second-order valence-electron chi connectivity index (χ2n) is 10.4. The van der Waals surface area contributed by atoms with Gasteiger partial charge in [-0.15, -0.1) is 0 Å². The number of benzene rings is 1. The summed E-state index contributed by atoms with van der Waals surface area (Å²) in [7, 11) is -1.96. The van der Waals surface area contributed by atoms with Crippen molar-refractivity contribution in [2.75, 3.05) is 18.5 Å². The average molecular weight is 470 g/mol. The van der Waals surface area contributed by atoms with E-state index in [4.69, 9.17) is 4.43 Å². The maximum Gasteiger partial charge on any atom is 0.350 e. The van der Waals surface area contributed by atoms with Gasteiger partial charge in [0.25, 0.3) is 0 Å². The van der Waals surface area contributed by atoms with Crippen LogP contribution in [0.4, 0.5) is 5.82 Å². The normalized spacial score (nSPS) is 19.1. The van der Waals surface area contributed by atoms with Crippen molar-refractivity contribution in [1.29, 1.82) is 0 Å². The predicted molar refractivity (Wildman–Crippen MR) is 137 cm³/mol. The maximum atomic E-state index is 12.8. The Labute approximate surface area is 198 Å². The summed E-state index contributed by atoms with van der Waals surface area (Å²) in [5, 5.41) is 13.3. The minimum absolute atomic E-state index is 0.0149. The van der Waals surface area contributed by atoms with Crippen LogP contribution in [0.25, 0.3) is 0 Å². The molecule has 1 aliphatic carbocycles. The predicted octanol–water partition coefficient (Wildman–Crippen LogP) is 4.99. The largest absolute Gasteiger partial charge is 0.416 e. The summed E-state index contributed by atoms with van der Waals surface area (Å²) in [6.45, 7) is 14.8. The van der Waals surface area contributed by atoms with Crippen molar-refractivity contribution in [1.82, 2.24) is 9.55 Å². The molecule has 7 heteroatoms. The molecule has 180 valence electrons. The van der Waals surface area contributed by atoms with Crippen molar-refractivity contribution < 1.29 is 9.53 Å².